The Morgan fingerprint density at radius 2 is 1.88 bits per heavy atom. The first kappa shape index (κ1) is 22.5. The second-order valence-electron chi connectivity index (χ2n) is 10.6. The molecule has 0 unspecified atom stereocenters. The highest BCUT2D eigenvalue weighted by Crippen LogP contribution is 2.43. The van der Waals surface area contributed by atoms with Gasteiger partial charge in [0.1, 0.15) is 6.67 Å². The van der Waals surface area contributed by atoms with Gasteiger partial charge in [-0.1, -0.05) is 0 Å². The molecule has 7 heteroatoms. The molecule has 0 bridgehead atoms. The van der Waals surface area contributed by atoms with Crippen LogP contribution < -0.4 is 4.90 Å². The Bertz CT molecular complexity index is 1020. The Morgan fingerprint density at radius 1 is 1.12 bits per heavy atom. The van der Waals surface area contributed by atoms with Crippen LogP contribution in [0, 0.1) is 11.8 Å². The molecule has 1 saturated carbocycles. The van der Waals surface area contributed by atoms with E-state index in [0.29, 0.717) is 31.3 Å². The lowest BCUT2D eigenvalue weighted by atomic mass is 9.73. The molecule has 1 aliphatic carbocycles. The lowest BCUT2D eigenvalue weighted by molar-refractivity contribution is -0.0725. The molecule has 0 amide bonds. The molecule has 0 radical (unpaired) electrons. The summed E-state index contributed by atoms with van der Waals surface area (Å²) in [7, 11) is 0. The van der Waals surface area contributed by atoms with Crippen LogP contribution in [0.4, 0.5) is 14.5 Å². The summed E-state index contributed by atoms with van der Waals surface area (Å²) in [6.07, 6.45) is 14.6. The number of pyridine rings is 1. The van der Waals surface area contributed by atoms with Crippen LogP contribution in [0.1, 0.15) is 57.9 Å². The Kier molecular flexibility index (Phi) is 6.02. The van der Waals surface area contributed by atoms with Crippen molar-refractivity contribution >= 4 is 17.4 Å². The predicted octanol–water partition coefficient (Wildman–Crippen LogP) is 5.55. The summed E-state index contributed by atoms with van der Waals surface area (Å²) in [5.41, 5.74) is 3.54. The second-order valence-corrected chi connectivity index (χ2v) is 10.6. The van der Waals surface area contributed by atoms with Gasteiger partial charge in [0.15, 0.2) is 0 Å². The normalized spacial score (nSPS) is 23.0. The molecule has 2 aliphatic heterocycles. The number of rotatable bonds is 5. The standard InChI is InChI=1S/C26H35F2N5/c1-25(2,22-4-9-26(27,28)10-5-22)32-13-6-20(7-14-32)16-21-8-15-33-23(17-21)24(18-30-33)31-12-3-11-29-19-31/h3,8,11-12,15,17-18,20,22H,4-7,9-10,13-14,16,19H2,1-2H3. The van der Waals surface area contributed by atoms with Crippen molar-refractivity contribution in [3.63, 3.8) is 0 Å². The van der Waals surface area contributed by atoms with E-state index in [2.05, 4.69) is 52.1 Å². The van der Waals surface area contributed by atoms with Crippen molar-refractivity contribution in [1.29, 1.82) is 0 Å². The highest BCUT2D eigenvalue weighted by Gasteiger charge is 2.43. The van der Waals surface area contributed by atoms with Crippen molar-refractivity contribution in [2.24, 2.45) is 16.8 Å². The number of hydrogen-bond donors (Lipinski definition) is 0. The fourth-order valence-corrected chi connectivity index (χ4v) is 5.95. The monoisotopic (exact) mass is 455 g/mol. The Hall–Kier alpha value is -2.28. The molecule has 4 heterocycles. The minimum atomic E-state index is -2.45. The molecule has 33 heavy (non-hydrogen) atoms. The van der Waals surface area contributed by atoms with Crippen molar-refractivity contribution in [1.82, 2.24) is 14.5 Å². The molecule has 1 saturated heterocycles. The zero-order valence-corrected chi connectivity index (χ0v) is 19.8. The summed E-state index contributed by atoms with van der Waals surface area (Å²) >= 11 is 0. The summed E-state index contributed by atoms with van der Waals surface area (Å²) in [4.78, 5) is 9.03. The highest BCUT2D eigenvalue weighted by atomic mass is 19.3. The fraction of sp³-hybridized carbons (Fsp3) is 0.615. The van der Waals surface area contributed by atoms with Crippen molar-refractivity contribution in [3.8, 4) is 0 Å². The van der Waals surface area contributed by atoms with Crippen molar-refractivity contribution in [2.45, 2.75) is 70.3 Å². The first-order valence-corrected chi connectivity index (χ1v) is 12.3. The number of piperidine rings is 1. The van der Waals surface area contributed by atoms with Crippen LogP contribution in [0.15, 0.2) is 41.8 Å². The van der Waals surface area contributed by atoms with E-state index in [0.717, 1.165) is 43.6 Å². The summed E-state index contributed by atoms with van der Waals surface area (Å²) in [5, 5.41) is 4.51. The lowest BCUT2D eigenvalue weighted by Gasteiger charge is -2.49. The average Bonchev–Trinajstić information content (AvgIpc) is 3.23. The third-order valence-electron chi connectivity index (χ3n) is 8.24. The highest BCUT2D eigenvalue weighted by molar-refractivity contribution is 5.79. The number of halogens is 2. The van der Waals surface area contributed by atoms with Crippen molar-refractivity contribution < 1.29 is 8.78 Å². The van der Waals surface area contributed by atoms with Crippen molar-refractivity contribution in [3.05, 3.63) is 42.4 Å². The first-order chi connectivity index (χ1) is 15.8. The molecule has 0 aromatic carbocycles. The summed E-state index contributed by atoms with van der Waals surface area (Å²) in [5.74, 6) is -1.43. The van der Waals surface area contributed by atoms with Gasteiger partial charge in [-0.15, -0.1) is 0 Å². The van der Waals surface area contributed by atoms with E-state index < -0.39 is 5.92 Å². The molecule has 2 aromatic rings. The number of anilines is 1. The summed E-state index contributed by atoms with van der Waals surface area (Å²) in [6, 6.07) is 4.46. The number of fused-ring (bicyclic) bond motifs is 1. The Labute approximate surface area is 195 Å². The average molecular weight is 456 g/mol. The van der Waals surface area contributed by atoms with Gasteiger partial charge in [0.25, 0.3) is 0 Å². The maximum Gasteiger partial charge on any atom is 0.248 e. The Balaban J connectivity index is 1.20. The maximum absolute atomic E-state index is 13.6. The number of aliphatic imine (C=N–C) groups is 1. The van der Waals surface area contributed by atoms with Crippen LogP contribution >= 0.6 is 0 Å². The zero-order chi connectivity index (χ0) is 23.1. The molecule has 178 valence electrons. The van der Waals surface area contributed by atoms with E-state index in [-0.39, 0.29) is 18.4 Å². The molecule has 5 rings (SSSR count). The minimum Gasteiger partial charge on any atom is -0.325 e. The largest absolute Gasteiger partial charge is 0.325 e. The van der Waals surface area contributed by atoms with Crippen LogP contribution in [-0.2, 0) is 6.42 Å². The minimum absolute atomic E-state index is 0.00266. The van der Waals surface area contributed by atoms with Gasteiger partial charge in [-0.05, 0) is 94.6 Å². The topological polar surface area (TPSA) is 36.1 Å². The number of nitrogens with zero attached hydrogens (tertiary/aromatic N) is 5. The van der Waals surface area contributed by atoms with Crippen LogP contribution in [0.2, 0.25) is 0 Å². The number of allylic oxidation sites excluding steroid dienone is 1. The summed E-state index contributed by atoms with van der Waals surface area (Å²) < 4.78 is 29.2. The van der Waals surface area contributed by atoms with Crippen LogP contribution in [0.25, 0.3) is 5.52 Å². The smallest absolute Gasteiger partial charge is 0.248 e. The van der Waals surface area contributed by atoms with Gasteiger partial charge < -0.3 is 4.90 Å². The quantitative estimate of drug-likeness (QED) is 0.593. The molecular formula is C26H35F2N5. The van der Waals surface area contributed by atoms with Crippen molar-refractivity contribution in [2.75, 3.05) is 24.7 Å². The molecule has 2 aromatic heterocycles. The second kappa shape index (κ2) is 8.82. The third-order valence-corrected chi connectivity index (χ3v) is 8.24. The molecule has 5 nitrogen and oxygen atoms in total. The molecular weight excluding hydrogens is 420 g/mol. The molecule has 0 atom stereocenters. The van der Waals surface area contributed by atoms with E-state index >= 15 is 0 Å². The van der Waals surface area contributed by atoms with Gasteiger partial charge >= 0.3 is 0 Å². The number of aromatic nitrogens is 2. The SMILES string of the molecule is CC(C)(C1CCC(F)(F)CC1)N1CCC(Cc2ccn3ncc(N4C=CC=NC4)c3c2)CC1. The van der Waals surface area contributed by atoms with E-state index in [1.807, 2.05) is 29.2 Å². The summed E-state index contributed by atoms with van der Waals surface area (Å²) in [6.45, 7) is 7.28. The fourth-order valence-electron chi connectivity index (χ4n) is 5.95. The van der Waals surface area contributed by atoms with E-state index in [9.17, 15) is 8.78 Å². The molecule has 3 aliphatic rings. The number of alkyl halides is 2. The van der Waals surface area contributed by atoms with Gasteiger partial charge in [-0.25, -0.2) is 13.3 Å². The Morgan fingerprint density at radius 3 is 2.58 bits per heavy atom. The predicted molar refractivity (Wildman–Crippen MR) is 129 cm³/mol. The maximum atomic E-state index is 13.6. The van der Waals surface area contributed by atoms with Crippen LogP contribution in [-0.4, -0.2) is 51.9 Å². The van der Waals surface area contributed by atoms with Crippen LogP contribution in [0.5, 0.6) is 0 Å². The van der Waals surface area contributed by atoms with Gasteiger partial charge in [0.2, 0.25) is 5.92 Å². The van der Waals surface area contributed by atoms with Gasteiger partial charge in [0, 0.05) is 37.0 Å². The third kappa shape index (κ3) is 4.70. The lowest BCUT2D eigenvalue weighted by Crippen LogP contribution is -2.53. The van der Waals surface area contributed by atoms with Gasteiger partial charge in [-0.3, -0.25) is 9.89 Å². The number of hydrogen-bond acceptors (Lipinski definition) is 4. The van der Waals surface area contributed by atoms with Crippen LogP contribution in [0.3, 0.4) is 0 Å². The molecule has 2 fully saturated rings. The van der Waals surface area contributed by atoms with E-state index in [1.54, 1.807) is 0 Å². The van der Waals surface area contributed by atoms with E-state index in [4.69, 9.17) is 0 Å². The van der Waals surface area contributed by atoms with Gasteiger partial charge in [-0.2, -0.15) is 5.10 Å². The first-order valence-electron chi connectivity index (χ1n) is 12.3. The molecule has 0 N–H and O–H groups in total. The number of likely N-dealkylation sites (tertiary alicyclic amines) is 1. The van der Waals surface area contributed by atoms with E-state index in [1.165, 1.54) is 5.56 Å². The molecule has 0 spiro atoms. The zero-order valence-electron chi connectivity index (χ0n) is 19.8. The van der Waals surface area contributed by atoms with Gasteiger partial charge in [0.05, 0.1) is 17.4 Å².